The van der Waals surface area contributed by atoms with Crippen molar-refractivity contribution in [1.82, 2.24) is 5.43 Å². The van der Waals surface area contributed by atoms with E-state index in [9.17, 15) is 4.79 Å². The van der Waals surface area contributed by atoms with Gasteiger partial charge in [-0.15, -0.1) is 0 Å². The molecule has 6 nitrogen and oxygen atoms in total. The van der Waals surface area contributed by atoms with E-state index in [0.29, 0.717) is 22.3 Å². The van der Waals surface area contributed by atoms with Crippen molar-refractivity contribution in [2.45, 2.75) is 0 Å². The van der Waals surface area contributed by atoms with Crippen LogP contribution in [0.4, 0.5) is 0 Å². The number of fused-ring (bicyclic) bond motifs is 1. The number of ether oxygens (including phenoxy) is 3. The molecule has 0 bridgehead atoms. The highest BCUT2D eigenvalue weighted by Gasteiger charge is 2.15. The van der Waals surface area contributed by atoms with Crippen molar-refractivity contribution in [3.63, 3.8) is 0 Å². The van der Waals surface area contributed by atoms with Crippen LogP contribution in [0.25, 0.3) is 0 Å². The fourth-order valence-electron chi connectivity index (χ4n) is 1.94. The summed E-state index contributed by atoms with van der Waals surface area (Å²) in [6, 6.07) is 10.5. The second-order valence-electron chi connectivity index (χ2n) is 4.74. The monoisotopic (exact) mass is 410 g/mol. The Morgan fingerprint density at radius 2 is 2.08 bits per heavy atom. The lowest BCUT2D eigenvalue weighted by Gasteiger charge is -2.06. The smallest absolute Gasteiger partial charge is 0.277 e. The van der Waals surface area contributed by atoms with Crippen molar-refractivity contribution >= 4 is 39.7 Å². The molecule has 0 saturated carbocycles. The Kier molecular flexibility index (Phi) is 5.22. The number of hydrazone groups is 1. The van der Waals surface area contributed by atoms with Crippen molar-refractivity contribution in [3.8, 4) is 17.2 Å². The normalized spacial score (nSPS) is 12.4. The minimum atomic E-state index is -0.400. The van der Waals surface area contributed by atoms with Crippen LogP contribution in [0.2, 0.25) is 5.02 Å². The molecule has 3 rings (SSSR count). The molecule has 0 saturated heterocycles. The van der Waals surface area contributed by atoms with Crippen LogP contribution in [0, 0.1) is 0 Å². The predicted octanol–water partition coefficient (Wildman–Crippen LogP) is 3.36. The number of carbonyl (C=O) groups is 1. The molecule has 1 aliphatic rings. The maximum atomic E-state index is 11.7. The Morgan fingerprint density at radius 1 is 1.33 bits per heavy atom. The topological polar surface area (TPSA) is 69.2 Å². The molecule has 2 aromatic rings. The molecular weight excluding hydrogens is 400 g/mol. The Labute approximate surface area is 151 Å². The first-order chi connectivity index (χ1) is 11.6. The summed E-state index contributed by atoms with van der Waals surface area (Å²) in [4.78, 5) is 11.7. The minimum Gasteiger partial charge on any atom is -0.482 e. The van der Waals surface area contributed by atoms with E-state index in [1.165, 1.54) is 6.21 Å². The molecule has 0 radical (unpaired) electrons. The molecule has 2 aromatic carbocycles. The first kappa shape index (κ1) is 16.6. The number of amides is 1. The third-order valence-electron chi connectivity index (χ3n) is 3.08. The van der Waals surface area contributed by atoms with Crippen LogP contribution in [0.15, 0.2) is 46.0 Å². The quantitative estimate of drug-likeness (QED) is 0.605. The van der Waals surface area contributed by atoms with Crippen molar-refractivity contribution in [1.29, 1.82) is 0 Å². The van der Waals surface area contributed by atoms with Crippen LogP contribution in [-0.2, 0) is 4.79 Å². The number of hydrogen-bond acceptors (Lipinski definition) is 5. The molecule has 0 unspecified atom stereocenters. The molecule has 0 spiro atoms. The van der Waals surface area contributed by atoms with E-state index in [1.54, 1.807) is 36.4 Å². The van der Waals surface area contributed by atoms with E-state index in [1.807, 2.05) is 0 Å². The van der Waals surface area contributed by atoms with Crippen LogP contribution >= 0.6 is 27.5 Å². The fourth-order valence-corrected chi connectivity index (χ4v) is 2.56. The van der Waals surface area contributed by atoms with Crippen LogP contribution in [-0.4, -0.2) is 25.5 Å². The highest BCUT2D eigenvalue weighted by molar-refractivity contribution is 9.10. The van der Waals surface area contributed by atoms with Crippen molar-refractivity contribution < 1.29 is 19.0 Å². The lowest BCUT2D eigenvalue weighted by molar-refractivity contribution is -0.123. The van der Waals surface area contributed by atoms with E-state index >= 15 is 0 Å². The first-order valence-electron chi connectivity index (χ1n) is 6.92. The van der Waals surface area contributed by atoms with Crippen LogP contribution in [0.1, 0.15) is 5.56 Å². The number of nitrogens with zero attached hydrogens (tertiary/aromatic N) is 1. The van der Waals surface area contributed by atoms with Gasteiger partial charge in [0.25, 0.3) is 5.91 Å². The summed E-state index contributed by atoms with van der Waals surface area (Å²) in [7, 11) is 0. The van der Waals surface area contributed by atoms with Gasteiger partial charge in [0, 0.05) is 10.0 Å². The summed E-state index contributed by atoms with van der Waals surface area (Å²) in [5.41, 5.74) is 3.13. The van der Waals surface area contributed by atoms with E-state index in [2.05, 4.69) is 26.5 Å². The van der Waals surface area contributed by atoms with E-state index < -0.39 is 5.91 Å². The molecule has 0 atom stereocenters. The zero-order chi connectivity index (χ0) is 16.9. The SMILES string of the molecule is O=C(COc1ccccc1Cl)N/N=C\c1cc2c(cc1Br)OCO2. The average Bonchev–Trinajstić information content (AvgIpc) is 3.01. The largest absolute Gasteiger partial charge is 0.482 e. The second-order valence-corrected chi connectivity index (χ2v) is 6.00. The third kappa shape index (κ3) is 3.98. The van der Waals surface area contributed by atoms with Gasteiger partial charge in [0.1, 0.15) is 5.75 Å². The van der Waals surface area contributed by atoms with Crippen LogP contribution in [0.5, 0.6) is 17.2 Å². The molecule has 1 N–H and O–H groups in total. The number of rotatable bonds is 5. The van der Waals surface area contributed by atoms with Crippen molar-refractivity contribution in [3.05, 3.63) is 51.5 Å². The van der Waals surface area contributed by atoms with Gasteiger partial charge in [0.15, 0.2) is 18.1 Å². The molecular formula is C16H12BrClN2O4. The molecule has 0 fully saturated rings. The molecule has 24 heavy (non-hydrogen) atoms. The maximum Gasteiger partial charge on any atom is 0.277 e. The van der Waals surface area contributed by atoms with Crippen molar-refractivity contribution in [2.24, 2.45) is 5.10 Å². The molecule has 0 aromatic heterocycles. The number of halogens is 2. The predicted molar refractivity (Wildman–Crippen MR) is 92.9 cm³/mol. The lowest BCUT2D eigenvalue weighted by Crippen LogP contribution is -2.24. The van der Waals surface area contributed by atoms with E-state index in [-0.39, 0.29) is 13.4 Å². The van der Waals surface area contributed by atoms with Crippen LogP contribution in [0.3, 0.4) is 0 Å². The second kappa shape index (κ2) is 7.55. The maximum absolute atomic E-state index is 11.7. The minimum absolute atomic E-state index is 0.191. The first-order valence-corrected chi connectivity index (χ1v) is 8.09. The van der Waals surface area contributed by atoms with Gasteiger partial charge < -0.3 is 14.2 Å². The number of carbonyl (C=O) groups excluding carboxylic acids is 1. The Hall–Kier alpha value is -2.25. The standard InChI is InChI=1S/C16H12BrClN2O4/c17-11-6-15-14(23-9-24-15)5-10(11)7-19-20-16(21)8-22-13-4-2-1-3-12(13)18/h1-7H,8-9H2,(H,20,21)/b19-7-. The summed E-state index contributed by atoms with van der Waals surface area (Å²) < 4.78 is 16.7. The molecule has 1 heterocycles. The van der Waals surface area contributed by atoms with E-state index in [4.69, 9.17) is 25.8 Å². The fraction of sp³-hybridized carbons (Fsp3) is 0.125. The van der Waals surface area contributed by atoms with Gasteiger partial charge in [-0.3, -0.25) is 4.79 Å². The summed E-state index contributed by atoms with van der Waals surface area (Å²) in [6.07, 6.45) is 1.50. The zero-order valence-electron chi connectivity index (χ0n) is 12.3. The van der Waals surface area contributed by atoms with Gasteiger partial charge >= 0.3 is 0 Å². The summed E-state index contributed by atoms with van der Waals surface area (Å²) in [5, 5.41) is 4.34. The number of nitrogens with one attached hydrogen (secondary N) is 1. The number of benzene rings is 2. The highest BCUT2D eigenvalue weighted by Crippen LogP contribution is 2.36. The lowest BCUT2D eigenvalue weighted by atomic mass is 10.2. The molecule has 1 aliphatic heterocycles. The Bertz CT molecular complexity index is 798. The third-order valence-corrected chi connectivity index (χ3v) is 4.08. The average molecular weight is 412 g/mol. The molecule has 8 heteroatoms. The molecule has 0 aliphatic carbocycles. The van der Waals surface area contributed by atoms with Crippen LogP contribution < -0.4 is 19.6 Å². The zero-order valence-corrected chi connectivity index (χ0v) is 14.6. The van der Waals surface area contributed by atoms with Gasteiger partial charge in [0.05, 0.1) is 11.2 Å². The molecule has 1 amide bonds. The van der Waals surface area contributed by atoms with Gasteiger partial charge in [-0.25, -0.2) is 5.43 Å². The van der Waals surface area contributed by atoms with Gasteiger partial charge in [-0.1, -0.05) is 23.7 Å². The van der Waals surface area contributed by atoms with Crippen molar-refractivity contribution in [2.75, 3.05) is 13.4 Å². The number of hydrogen-bond donors (Lipinski definition) is 1. The molecule has 124 valence electrons. The van der Waals surface area contributed by atoms with Gasteiger partial charge in [-0.05, 0) is 40.2 Å². The van der Waals surface area contributed by atoms with Gasteiger partial charge in [-0.2, -0.15) is 5.10 Å². The highest BCUT2D eigenvalue weighted by atomic mass is 79.9. The Balaban J connectivity index is 1.55. The summed E-state index contributed by atoms with van der Waals surface area (Å²) in [5.74, 6) is 1.34. The summed E-state index contributed by atoms with van der Waals surface area (Å²) in [6.45, 7) is 0.00186. The Morgan fingerprint density at radius 3 is 2.88 bits per heavy atom. The number of para-hydroxylation sites is 1. The summed E-state index contributed by atoms with van der Waals surface area (Å²) >= 11 is 9.35. The van der Waals surface area contributed by atoms with Gasteiger partial charge in [0.2, 0.25) is 6.79 Å². The van der Waals surface area contributed by atoms with E-state index in [0.717, 1.165) is 10.0 Å².